The third-order valence-corrected chi connectivity index (χ3v) is 2.68. The Balaban J connectivity index is 2.30. The van der Waals surface area contributed by atoms with Crippen LogP contribution < -0.4 is 5.73 Å². The fraction of sp³-hybridized carbons (Fsp3) is 0. The Hall–Kier alpha value is -2.29. The van der Waals surface area contributed by atoms with Gasteiger partial charge in [0.05, 0.1) is 5.52 Å². The fourth-order valence-corrected chi connectivity index (χ4v) is 1.90. The van der Waals surface area contributed by atoms with Crippen molar-refractivity contribution in [2.24, 2.45) is 0 Å². The van der Waals surface area contributed by atoms with Crippen molar-refractivity contribution >= 4 is 16.7 Å². The van der Waals surface area contributed by atoms with Gasteiger partial charge in [-0.2, -0.15) is 0 Å². The average Bonchev–Trinajstić information content (AvgIpc) is 2.75. The summed E-state index contributed by atoms with van der Waals surface area (Å²) in [5.74, 6) is 0.576. The van der Waals surface area contributed by atoms with E-state index < -0.39 is 0 Å². The van der Waals surface area contributed by atoms with E-state index in [0.717, 1.165) is 16.6 Å². The van der Waals surface area contributed by atoms with Crippen LogP contribution >= 0.6 is 0 Å². The molecule has 0 fully saturated rings. The molecule has 0 saturated heterocycles. The summed E-state index contributed by atoms with van der Waals surface area (Å²) < 4.78 is 2.10. The fourth-order valence-electron chi connectivity index (χ4n) is 1.90. The first-order valence-electron chi connectivity index (χ1n) is 5.13. The summed E-state index contributed by atoms with van der Waals surface area (Å²) >= 11 is 0. The maximum absolute atomic E-state index is 5.82. The minimum atomic E-state index is 0.576. The third-order valence-electron chi connectivity index (χ3n) is 2.68. The molecule has 1 aromatic carbocycles. The maximum Gasteiger partial charge on any atom is 0.132 e. The summed E-state index contributed by atoms with van der Waals surface area (Å²) in [5.41, 5.74) is 8.03. The Kier molecular flexibility index (Phi) is 1.90. The monoisotopic (exact) mass is 209 g/mol. The zero-order valence-electron chi connectivity index (χ0n) is 8.67. The summed E-state index contributed by atoms with van der Waals surface area (Å²) in [5, 5.41) is 0.992. The molecule has 0 aliphatic carbocycles. The van der Waals surface area contributed by atoms with Crippen molar-refractivity contribution in [3.8, 4) is 5.69 Å². The molecule has 0 unspecified atom stereocenters. The van der Waals surface area contributed by atoms with Gasteiger partial charge in [0, 0.05) is 23.5 Å². The molecule has 3 aromatic rings. The number of aromatic nitrogens is 2. The molecule has 0 bridgehead atoms. The van der Waals surface area contributed by atoms with Gasteiger partial charge in [0.25, 0.3) is 0 Å². The molecule has 78 valence electrons. The Bertz CT molecular complexity index is 626. The number of nitrogens with zero attached hydrogens (tertiary/aromatic N) is 2. The number of fused-ring (bicyclic) bond motifs is 1. The summed E-state index contributed by atoms with van der Waals surface area (Å²) in [6.45, 7) is 0. The molecule has 0 atom stereocenters. The van der Waals surface area contributed by atoms with Gasteiger partial charge in [-0.15, -0.1) is 0 Å². The number of nitrogen functional groups attached to an aromatic ring is 1. The molecule has 0 radical (unpaired) electrons. The number of nitrogens with two attached hydrogens (primary N) is 1. The molecule has 2 N–H and O–H groups in total. The van der Waals surface area contributed by atoms with E-state index in [0.29, 0.717) is 5.82 Å². The van der Waals surface area contributed by atoms with Crippen LogP contribution in [0, 0.1) is 0 Å². The SMILES string of the molecule is Nc1nccc2c1ccn2-c1ccccc1. The molecule has 0 spiro atoms. The van der Waals surface area contributed by atoms with Gasteiger partial charge in [-0.05, 0) is 24.3 Å². The van der Waals surface area contributed by atoms with Crippen LogP contribution in [-0.2, 0) is 0 Å². The molecule has 0 saturated carbocycles. The summed E-state index contributed by atoms with van der Waals surface area (Å²) in [6, 6.07) is 14.1. The Morgan fingerprint density at radius 3 is 2.62 bits per heavy atom. The molecule has 0 aliphatic heterocycles. The second-order valence-electron chi connectivity index (χ2n) is 3.65. The number of hydrogen-bond acceptors (Lipinski definition) is 2. The lowest BCUT2D eigenvalue weighted by Gasteiger charge is -2.04. The van der Waals surface area contributed by atoms with E-state index in [1.807, 2.05) is 36.5 Å². The minimum absolute atomic E-state index is 0.576. The number of rotatable bonds is 1. The lowest BCUT2D eigenvalue weighted by Crippen LogP contribution is -1.93. The van der Waals surface area contributed by atoms with E-state index in [1.54, 1.807) is 6.20 Å². The van der Waals surface area contributed by atoms with Crippen LogP contribution in [0.2, 0.25) is 0 Å². The van der Waals surface area contributed by atoms with Crippen molar-refractivity contribution in [1.82, 2.24) is 9.55 Å². The topological polar surface area (TPSA) is 43.8 Å². The molecule has 0 amide bonds. The molecule has 3 nitrogen and oxygen atoms in total. The number of hydrogen-bond donors (Lipinski definition) is 1. The second kappa shape index (κ2) is 3.38. The van der Waals surface area contributed by atoms with Crippen LogP contribution in [0.25, 0.3) is 16.6 Å². The van der Waals surface area contributed by atoms with Crippen LogP contribution in [-0.4, -0.2) is 9.55 Å². The summed E-state index contributed by atoms with van der Waals surface area (Å²) in [6.07, 6.45) is 3.75. The van der Waals surface area contributed by atoms with Crippen molar-refractivity contribution in [1.29, 1.82) is 0 Å². The van der Waals surface area contributed by atoms with Gasteiger partial charge >= 0.3 is 0 Å². The Morgan fingerprint density at radius 2 is 1.81 bits per heavy atom. The van der Waals surface area contributed by atoms with E-state index in [1.165, 1.54) is 0 Å². The first-order valence-corrected chi connectivity index (χ1v) is 5.13. The first-order chi connectivity index (χ1) is 7.86. The van der Waals surface area contributed by atoms with E-state index in [9.17, 15) is 0 Å². The molecule has 16 heavy (non-hydrogen) atoms. The lowest BCUT2D eigenvalue weighted by atomic mass is 10.3. The predicted octanol–water partition coefficient (Wildman–Crippen LogP) is 2.61. The molecular formula is C13H11N3. The summed E-state index contributed by atoms with van der Waals surface area (Å²) in [4.78, 5) is 4.08. The standard InChI is InChI=1S/C13H11N3/c14-13-11-7-9-16(12(11)6-8-15-13)10-4-2-1-3-5-10/h1-9H,(H2,14,15). The highest BCUT2D eigenvalue weighted by atomic mass is 15.0. The highest BCUT2D eigenvalue weighted by molar-refractivity contribution is 5.90. The van der Waals surface area contributed by atoms with Crippen molar-refractivity contribution in [2.75, 3.05) is 5.73 Å². The van der Waals surface area contributed by atoms with Gasteiger partial charge in [-0.1, -0.05) is 18.2 Å². The van der Waals surface area contributed by atoms with Crippen LogP contribution in [0.3, 0.4) is 0 Å². The Labute approximate surface area is 93.1 Å². The molecule has 3 heteroatoms. The molecule has 2 aromatic heterocycles. The van der Waals surface area contributed by atoms with E-state index in [-0.39, 0.29) is 0 Å². The van der Waals surface area contributed by atoms with Crippen molar-refractivity contribution in [3.05, 3.63) is 54.9 Å². The number of benzene rings is 1. The van der Waals surface area contributed by atoms with Crippen molar-refractivity contribution in [2.45, 2.75) is 0 Å². The zero-order valence-corrected chi connectivity index (χ0v) is 8.67. The Morgan fingerprint density at radius 1 is 1.00 bits per heavy atom. The number of pyridine rings is 1. The third kappa shape index (κ3) is 1.26. The quantitative estimate of drug-likeness (QED) is 0.669. The van der Waals surface area contributed by atoms with Crippen LogP contribution in [0.1, 0.15) is 0 Å². The largest absolute Gasteiger partial charge is 0.383 e. The maximum atomic E-state index is 5.82. The highest BCUT2D eigenvalue weighted by Crippen LogP contribution is 2.22. The zero-order chi connectivity index (χ0) is 11.0. The van der Waals surface area contributed by atoms with Gasteiger partial charge in [0.1, 0.15) is 5.82 Å². The van der Waals surface area contributed by atoms with Gasteiger partial charge in [-0.3, -0.25) is 0 Å². The first kappa shape index (κ1) is 8.97. The predicted molar refractivity (Wildman–Crippen MR) is 65.5 cm³/mol. The molecular weight excluding hydrogens is 198 g/mol. The highest BCUT2D eigenvalue weighted by Gasteiger charge is 2.04. The molecule has 0 aliphatic rings. The summed E-state index contributed by atoms with van der Waals surface area (Å²) in [7, 11) is 0. The molecule has 2 heterocycles. The van der Waals surface area contributed by atoms with Crippen LogP contribution in [0.4, 0.5) is 5.82 Å². The molecule has 3 rings (SSSR count). The number of anilines is 1. The normalized spacial score (nSPS) is 10.8. The average molecular weight is 209 g/mol. The lowest BCUT2D eigenvalue weighted by molar-refractivity contribution is 1.13. The second-order valence-corrected chi connectivity index (χ2v) is 3.65. The van der Waals surface area contributed by atoms with Crippen LogP contribution in [0.5, 0.6) is 0 Å². The van der Waals surface area contributed by atoms with Gasteiger partial charge in [0.15, 0.2) is 0 Å². The van der Waals surface area contributed by atoms with Gasteiger partial charge in [0.2, 0.25) is 0 Å². The van der Waals surface area contributed by atoms with E-state index in [4.69, 9.17) is 5.73 Å². The van der Waals surface area contributed by atoms with Crippen LogP contribution in [0.15, 0.2) is 54.9 Å². The minimum Gasteiger partial charge on any atom is -0.383 e. The van der Waals surface area contributed by atoms with E-state index in [2.05, 4.69) is 21.7 Å². The van der Waals surface area contributed by atoms with Gasteiger partial charge in [-0.25, -0.2) is 4.98 Å². The number of para-hydroxylation sites is 1. The van der Waals surface area contributed by atoms with Crippen molar-refractivity contribution in [3.63, 3.8) is 0 Å². The smallest absolute Gasteiger partial charge is 0.132 e. The van der Waals surface area contributed by atoms with Crippen molar-refractivity contribution < 1.29 is 0 Å². The van der Waals surface area contributed by atoms with E-state index >= 15 is 0 Å². The van der Waals surface area contributed by atoms with Gasteiger partial charge < -0.3 is 10.3 Å².